The van der Waals surface area contributed by atoms with Gasteiger partial charge in [0.15, 0.2) is 0 Å². The molecule has 18 heavy (non-hydrogen) atoms. The predicted octanol–water partition coefficient (Wildman–Crippen LogP) is 2.24. The summed E-state index contributed by atoms with van der Waals surface area (Å²) in [6, 6.07) is 0.177. The molecule has 0 aliphatic heterocycles. The quantitative estimate of drug-likeness (QED) is 0.757. The Kier molecular flexibility index (Phi) is 5.66. The summed E-state index contributed by atoms with van der Waals surface area (Å²) in [7, 11) is 4.17. The number of rotatable bonds is 7. The molecule has 0 spiro atoms. The number of aryl methyl sites for hydroxylation is 2. The van der Waals surface area contributed by atoms with Crippen LogP contribution in [0.25, 0.3) is 0 Å². The van der Waals surface area contributed by atoms with Crippen LogP contribution in [0.2, 0.25) is 0 Å². The van der Waals surface area contributed by atoms with E-state index in [2.05, 4.69) is 30.9 Å². The first kappa shape index (κ1) is 15.0. The van der Waals surface area contributed by atoms with Crippen LogP contribution in [0, 0.1) is 6.92 Å². The number of nitrogens with two attached hydrogens (primary N) is 1. The number of aromatic nitrogens is 2. The van der Waals surface area contributed by atoms with E-state index < -0.39 is 0 Å². The molecule has 0 saturated heterocycles. The average molecular weight is 252 g/mol. The fraction of sp³-hybridized carbons (Fsp3) is 0.786. The fourth-order valence-corrected chi connectivity index (χ4v) is 2.43. The van der Waals surface area contributed by atoms with E-state index >= 15 is 0 Å². The third-order valence-electron chi connectivity index (χ3n) is 3.30. The Bertz CT molecular complexity index is 368. The highest BCUT2D eigenvalue weighted by atomic mass is 15.4. The van der Waals surface area contributed by atoms with Gasteiger partial charge in [-0.1, -0.05) is 19.8 Å². The van der Waals surface area contributed by atoms with E-state index in [1.807, 2.05) is 18.7 Å². The van der Waals surface area contributed by atoms with Crippen LogP contribution in [0.4, 0.5) is 5.82 Å². The SMILES string of the molecule is CCCCCN(C)c1c(CC(C)N)c(C)nn1C. The minimum atomic E-state index is 0.177. The topological polar surface area (TPSA) is 47.1 Å². The van der Waals surface area contributed by atoms with E-state index in [4.69, 9.17) is 5.73 Å². The van der Waals surface area contributed by atoms with Gasteiger partial charge in [0.2, 0.25) is 0 Å². The Balaban J connectivity index is 2.85. The standard InChI is InChI=1S/C14H28N4/c1-6-7-8-9-17(4)14-13(10-11(2)15)12(3)16-18(14)5/h11H,6-10,15H2,1-5H3. The Morgan fingerprint density at radius 1 is 1.39 bits per heavy atom. The summed E-state index contributed by atoms with van der Waals surface area (Å²) < 4.78 is 1.99. The Labute approximate surface area is 111 Å². The van der Waals surface area contributed by atoms with Gasteiger partial charge in [-0.25, -0.2) is 0 Å². The molecule has 4 nitrogen and oxygen atoms in total. The van der Waals surface area contributed by atoms with Crippen molar-refractivity contribution in [2.45, 2.75) is 52.5 Å². The van der Waals surface area contributed by atoms with E-state index in [0.717, 1.165) is 18.7 Å². The molecule has 0 aliphatic carbocycles. The summed E-state index contributed by atoms with van der Waals surface area (Å²) in [4.78, 5) is 2.31. The van der Waals surface area contributed by atoms with Gasteiger partial charge in [0.1, 0.15) is 5.82 Å². The summed E-state index contributed by atoms with van der Waals surface area (Å²) >= 11 is 0. The third kappa shape index (κ3) is 3.73. The Morgan fingerprint density at radius 3 is 2.61 bits per heavy atom. The van der Waals surface area contributed by atoms with E-state index in [1.54, 1.807) is 0 Å². The fourth-order valence-electron chi connectivity index (χ4n) is 2.43. The number of hydrogen-bond donors (Lipinski definition) is 1. The zero-order valence-corrected chi connectivity index (χ0v) is 12.5. The summed E-state index contributed by atoms with van der Waals surface area (Å²) in [6.45, 7) is 7.43. The predicted molar refractivity (Wildman–Crippen MR) is 78.1 cm³/mol. The van der Waals surface area contributed by atoms with Gasteiger partial charge in [0.25, 0.3) is 0 Å². The van der Waals surface area contributed by atoms with E-state index in [9.17, 15) is 0 Å². The van der Waals surface area contributed by atoms with Crippen LogP contribution in [-0.4, -0.2) is 29.4 Å². The van der Waals surface area contributed by atoms with Crippen LogP contribution in [0.3, 0.4) is 0 Å². The molecule has 1 unspecified atom stereocenters. The summed E-state index contributed by atoms with van der Waals surface area (Å²) in [5, 5.41) is 4.53. The van der Waals surface area contributed by atoms with Crippen molar-refractivity contribution < 1.29 is 0 Å². The zero-order valence-electron chi connectivity index (χ0n) is 12.5. The molecular formula is C14H28N4. The van der Waals surface area contributed by atoms with Crippen LogP contribution in [0.5, 0.6) is 0 Å². The molecule has 0 fully saturated rings. The third-order valence-corrected chi connectivity index (χ3v) is 3.30. The van der Waals surface area contributed by atoms with E-state index in [-0.39, 0.29) is 6.04 Å². The van der Waals surface area contributed by atoms with Crippen molar-refractivity contribution in [3.8, 4) is 0 Å². The first-order valence-corrected chi connectivity index (χ1v) is 6.96. The lowest BCUT2D eigenvalue weighted by Gasteiger charge is -2.21. The summed E-state index contributed by atoms with van der Waals surface area (Å²) in [6.07, 6.45) is 4.66. The highest BCUT2D eigenvalue weighted by Crippen LogP contribution is 2.23. The lowest BCUT2D eigenvalue weighted by atomic mass is 10.1. The monoisotopic (exact) mass is 252 g/mol. The molecule has 2 N–H and O–H groups in total. The Hall–Kier alpha value is -1.03. The van der Waals surface area contributed by atoms with Crippen LogP contribution >= 0.6 is 0 Å². The molecule has 0 aromatic carbocycles. The lowest BCUT2D eigenvalue weighted by Crippen LogP contribution is -2.25. The van der Waals surface area contributed by atoms with Crippen LogP contribution in [0.1, 0.15) is 44.4 Å². The molecular weight excluding hydrogens is 224 g/mol. The molecule has 1 atom stereocenters. The van der Waals surface area contributed by atoms with Crippen molar-refractivity contribution in [2.24, 2.45) is 12.8 Å². The smallest absolute Gasteiger partial charge is 0.129 e. The van der Waals surface area contributed by atoms with Crippen molar-refractivity contribution in [3.05, 3.63) is 11.3 Å². The van der Waals surface area contributed by atoms with E-state index in [0.29, 0.717) is 0 Å². The molecule has 0 aliphatic rings. The Morgan fingerprint density at radius 2 is 2.06 bits per heavy atom. The summed E-state index contributed by atoms with van der Waals surface area (Å²) in [5.74, 6) is 1.22. The maximum absolute atomic E-state index is 5.94. The molecule has 1 rings (SSSR count). The van der Waals surface area contributed by atoms with Crippen LogP contribution in [-0.2, 0) is 13.5 Å². The first-order valence-electron chi connectivity index (χ1n) is 6.96. The molecule has 1 heterocycles. The average Bonchev–Trinajstić information content (AvgIpc) is 2.53. The minimum absolute atomic E-state index is 0.177. The van der Waals surface area contributed by atoms with Gasteiger partial charge in [-0.3, -0.25) is 4.68 Å². The number of nitrogens with zero attached hydrogens (tertiary/aromatic N) is 3. The first-order chi connectivity index (χ1) is 8.47. The van der Waals surface area contributed by atoms with Crippen molar-refractivity contribution in [1.82, 2.24) is 9.78 Å². The van der Waals surface area contributed by atoms with Crippen LogP contribution < -0.4 is 10.6 Å². The molecule has 4 heteroatoms. The number of anilines is 1. The van der Waals surface area contributed by atoms with Crippen molar-refractivity contribution in [1.29, 1.82) is 0 Å². The molecule has 1 aromatic heterocycles. The van der Waals surface area contributed by atoms with Crippen molar-refractivity contribution >= 4 is 5.82 Å². The zero-order chi connectivity index (χ0) is 13.7. The van der Waals surface area contributed by atoms with Gasteiger partial charge in [-0.15, -0.1) is 0 Å². The molecule has 0 radical (unpaired) electrons. The van der Waals surface area contributed by atoms with Gasteiger partial charge >= 0.3 is 0 Å². The van der Waals surface area contributed by atoms with Crippen molar-refractivity contribution in [3.63, 3.8) is 0 Å². The second-order valence-corrected chi connectivity index (χ2v) is 5.32. The maximum Gasteiger partial charge on any atom is 0.129 e. The maximum atomic E-state index is 5.94. The molecule has 1 aromatic rings. The second-order valence-electron chi connectivity index (χ2n) is 5.32. The molecule has 104 valence electrons. The largest absolute Gasteiger partial charge is 0.360 e. The number of unbranched alkanes of at least 4 members (excludes halogenated alkanes) is 2. The van der Waals surface area contributed by atoms with Gasteiger partial charge < -0.3 is 10.6 Å². The van der Waals surface area contributed by atoms with Gasteiger partial charge in [-0.05, 0) is 26.7 Å². The van der Waals surface area contributed by atoms with Crippen LogP contribution in [0.15, 0.2) is 0 Å². The molecule has 0 saturated carbocycles. The summed E-state index contributed by atoms with van der Waals surface area (Å²) in [5.41, 5.74) is 8.34. The molecule has 0 bridgehead atoms. The van der Waals surface area contributed by atoms with Gasteiger partial charge in [0.05, 0.1) is 5.69 Å². The minimum Gasteiger partial charge on any atom is -0.360 e. The highest BCUT2D eigenvalue weighted by Gasteiger charge is 2.17. The van der Waals surface area contributed by atoms with E-state index in [1.165, 1.54) is 30.6 Å². The second kappa shape index (κ2) is 6.78. The highest BCUT2D eigenvalue weighted by molar-refractivity contribution is 5.49. The normalized spacial score (nSPS) is 12.8. The van der Waals surface area contributed by atoms with Gasteiger partial charge in [-0.2, -0.15) is 5.10 Å². The lowest BCUT2D eigenvalue weighted by molar-refractivity contribution is 0.671. The van der Waals surface area contributed by atoms with Gasteiger partial charge in [0, 0.05) is 32.2 Å². The van der Waals surface area contributed by atoms with Crippen molar-refractivity contribution in [2.75, 3.05) is 18.5 Å². The number of hydrogen-bond acceptors (Lipinski definition) is 3. The molecule has 0 amide bonds.